The van der Waals surface area contributed by atoms with Crippen molar-refractivity contribution >= 4 is 15.7 Å². The fraction of sp³-hybridized carbons (Fsp3) is 0.500. The maximum absolute atomic E-state index is 13.0. The number of anilines is 1. The summed E-state index contributed by atoms with van der Waals surface area (Å²) in [5, 5.41) is 0. The molecule has 6 heteroatoms. The number of rotatable bonds is 7. The van der Waals surface area contributed by atoms with Crippen LogP contribution in [0.5, 0.6) is 5.75 Å². The number of nitrogens with zero attached hydrogens (tertiary/aromatic N) is 1. The second-order valence-electron chi connectivity index (χ2n) is 8.70. The summed E-state index contributed by atoms with van der Waals surface area (Å²) in [7, 11) is -2.01. The Morgan fingerprint density at radius 1 is 1.20 bits per heavy atom. The molecular weight excluding hydrogens is 396 g/mol. The Morgan fingerprint density at radius 3 is 2.50 bits per heavy atom. The predicted octanol–water partition coefficient (Wildman–Crippen LogP) is 4.84. The van der Waals surface area contributed by atoms with Gasteiger partial charge in [0.15, 0.2) is 0 Å². The summed E-state index contributed by atoms with van der Waals surface area (Å²) in [5.74, 6) is 1.61. The van der Waals surface area contributed by atoms with Crippen LogP contribution in [0.15, 0.2) is 41.3 Å². The van der Waals surface area contributed by atoms with Crippen molar-refractivity contribution in [2.75, 3.05) is 25.1 Å². The van der Waals surface area contributed by atoms with Crippen molar-refractivity contribution in [3.63, 3.8) is 0 Å². The zero-order chi connectivity index (χ0) is 21.9. The van der Waals surface area contributed by atoms with Crippen molar-refractivity contribution in [3.8, 4) is 5.75 Å². The molecule has 30 heavy (non-hydrogen) atoms. The van der Waals surface area contributed by atoms with E-state index >= 15 is 0 Å². The Hall–Kier alpha value is -2.05. The minimum atomic E-state index is -3.62. The molecule has 2 aromatic rings. The first-order chi connectivity index (χ1) is 14.2. The molecule has 164 valence electrons. The number of piperidine rings is 1. The molecule has 3 rings (SSSR count). The first kappa shape index (κ1) is 22.6. The molecule has 1 aliphatic rings. The average Bonchev–Trinajstić information content (AvgIpc) is 2.72. The topological polar surface area (TPSA) is 58.6 Å². The molecule has 1 N–H and O–H groups in total. The molecule has 0 aliphatic carbocycles. The lowest BCUT2D eigenvalue weighted by atomic mass is 9.99. The summed E-state index contributed by atoms with van der Waals surface area (Å²) in [4.78, 5) is 2.72. The number of aryl methyl sites for hydroxylation is 1. The smallest absolute Gasteiger partial charge is 0.241 e. The lowest BCUT2D eigenvalue weighted by Crippen LogP contribution is -2.34. The van der Waals surface area contributed by atoms with Crippen LogP contribution in [0.2, 0.25) is 0 Å². The van der Waals surface area contributed by atoms with Gasteiger partial charge in [0, 0.05) is 25.3 Å². The Labute approximate surface area is 181 Å². The molecule has 0 saturated carbocycles. The largest absolute Gasteiger partial charge is 0.496 e. The van der Waals surface area contributed by atoms with Gasteiger partial charge >= 0.3 is 0 Å². The van der Waals surface area contributed by atoms with Crippen LogP contribution in [0.1, 0.15) is 56.2 Å². The van der Waals surface area contributed by atoms with Gasteiger partial charge in [0.1, 0.15) is 5.75 Å². The molecule has 0 radical (unpaired) electrons. The van der Waals surface area contributed by atoms with E-state index in [4.69, 9.17) is 4.74 Å². The quantitative estimate of drug-likeness (QED) is 0.683. The summed E-state index contributed by atoms with van der Waals surface area (Å²) < 4.78 is 34.2. The van der Waals surface area contributed by atoms with E-state index in [1.54, 1.807) is 26.2 Å². The number of benzene rings is 2. The molecule has 5 nitrogen and oxygen atoms in total. The molecule has 1 atom stereocenters. The Kier molecular flexibility index (Phi) is 7.09. The van der Waals surface area contributed by atoms with Gasteiger partial charge in [0.25, 0.3) is 0 Å². The summed E-state index contributed by atoms with van der Waals surface area (Å²) >= 11 is 0. The summed E-state index contributed by atoms with van der Waals surface area (Å²) in [6.45, 7) is 10.6. The average molecular weight is 431 g/mol. The molecule has 1 fully saturated rings. The molecule has 0 aromatic heterocycles. The SMILES string of the molecule is COc1cc(C)c(S(=O)(=O)NCc2ccc(N3CCCC(C)C3)cc2)cc1C(C)C. The number of ether oxygens (including phenoxy) is 1. The predicted molar refractivity (Wildman–Crippen MR) is 123 cm³/mol. The highest BCUT2D eigenvalue weighted by Crippen LogP contribution is 2.31. The van der Waals surface area contributed by atoms with Crippen LogP contribution in [0.3, 0.4) is 0 Å². The van der Waals surface area contributed by atoms with E-state index in [0.717, 1.165) is 30.0 Å². The van der Waals surface area contributed by atoms with Crippen LogP contribution >= 0.6 is 0 Å². The van der Waals surface area contributed by atoms with E-state index in [2.05, 4.69) is 28.7 Å². The fourth-order valence-corrected chi connectivity index (χ4v) is 5.38. The number of methoxy groups -OCH3 is 1. The van der Waals surface area contributed by atoms with Gasteiger partial charge in [0.05, 0.1) is 12.0 Å². The standard InChI is InChI=1S/C24H34N2O3S/c1-17(2)22-14-24(19(4)13-23(22)29-5)30(27,28)25-15-20-8-10-21(11-9-20)26-12-6-7-18(3)16-26/h8-11,13-14,17-18,25H,6-7,12,15-16H2,1-5H3. The minimum absolute atomic E-state index is 0.166. The maximum Gasteiger partial charge on any atom is 0.241 e. The lowest BCUT2D eigenvalue weighted by Gasteiger charge is -2.32. The molecule has 2 aromatic carbocycles. The van der Waals surface area contributed by atoms with Crippen LogP contribution in [-0.2, 0) is 16.6 Å². The van der Waals surface area contributed by atoms with Crippen LogP contribution in [0.25, 0.3) is 0 Å². The minimum Gasteiger partial charge on any atom is -0.496 e. The van der Waals surface area contributed by atoms with Crippen molar-refractivity contribution in [3.05, 3.63) is 53.1 Å². The van der Waals surface area contributed by atoms with E-state index in [9.17, 15) is 8.42 Å². The molecular formula is C24H34N2O3S. The lowest BCUT2D eigenvalue weighted by molar-refractivity contribution is 0.406. The van der Waals surface area contributed by atoms with Crippen LogP contribution < -0.4 is 14.4 Å². The van der Waals surface area contributed by atoms with Crippen LogP contribution in [0.4, 0.5) is 5.69 Å². The first-order valence-corrected chi connectivity index (χ1v) is 12.2. The Bertz CT molecular complexity index is 969. The molecule has 1 unspecified atom stereocenters. The monoisotopic (exact) mass is 430 g/mol. The van der Waals surface area contributed by atoms with Gasteiger partial charge in [-0.25, -0.2) is 13.1 Å². The zero-order valence-corrected chi connectivity index (χ0v) is 19.6. The summed E-state index contributed by atoms with van der Waals surface area (Å²) in [6.07, 6.45) is 2.52. The third kappa shape index (κ3) is 5.16. The van der Waals surface area contributed by atoms with Crippen LogP contribution in [0, 0.1) is 12.8 Å². The van der Waals surface area contributed by atoms with Crippen molar-refractivity contribution in [1.29, 1.82) is 0 Å². The highest BCUT2D eigenvalue weighted by Gasteiger charge is 2.21. The van der Waals surface area contributed by atoms with Crippen LogP contribution in [-0.4, -0.2) is 28.6 Å². The van der Waals surface area contributed by atoms with Gasteiger partial charge in [-0.1, -0.05) is 32.9 Å². The van der Waals surface area contributed by atoms with Gasteiger partial charge < -0.3 is 9.64 Å². The second kappa shape index (κ2) is 9.40. The second-order valence-corrected chi connectivity index (χ2v) is 10.4. The van der Waals surface area contributed by atoms with Gasteiger partial charge in [-0.3, -0.25) is 0 Å². The highest BCUT2D eigenvalue weighted by atomic mass is 32.2. The van der Waals surface area contributed by atoms with E-state index in [0.29, 0.717) is 16.4 Å². The van der Waals surface area contributed by atoms with Gasteiger partial charge in [-0.05, 0) is 72.6 Å². The number of hydrogen-bond acceptors (Lipinski definition) is 4. The molecule has 0 amide bonds. The normalized spacial score (nSPS) is 17.4. The molecule has 0 bridgehead atoms. The van der Waals surface area contributed by atoms with E-state index in [1.807, 2.05) is 26.0 Å². The Balaban J connectivity index is 1.73. The van der Waals surface area contributed by atoms with Crippen molar-refractivity contribution in [1.82, 2.24) is 4.72 Å². The van der Waals surface area contributed by atoms with E-state index in [-0.39, 0.29) is 12.5 Å². The first-order valence-electron chi connectivity index (χ1n) is 10.7. The molecule has 0 spiro atoms. The van der Waals surface area contributed by atoms with Gasteiger partial charge in [-0.2, -0.15) is 0 Å². The number of nitrogens with one attached hydrogen (secondary N) is 1. The van der Waals surface area contributed by atoms with E-state index < -0.39 is 10.0 Å². The molecule has 1 heterocycles. The summed E-state index contributed by atoms with van der Waals surface area (Å²) in [5.41, 5.74) is 3.73. The summed E-state index contributed by atoms with van der Waals surface area (Å²) in [6, 6.07) is 11.8. The molecule has 1 saturated heterocycles. The maximum atomic E-state index is 13.0. The third-order valence-electron chi connectivity index (χ3n) is 5.86. The van der Waals surface area contributed by atoms with Gasteiger partial charge in [-0.15, -0.1) is 0 Å². The number of hydrogen-bond donors (Lipinski definition) is 1. The van der Waals surface area contributed by atoms with Crippen molar-refractivity contribution in [2.45, 2.75) is 57.9 Å². The Morgan fingerprint density at radius 2 is 1.90 bits per heavy atom. The highest BCUT2D eigenvalue weighted by molar-refractivity contribution is 7.89. The third-order valence-corrected chi connectivity index (χ3v) is 7.41. The van der Waals surface area contributed by atoms with Crippen molar-refractivity contribution < 1.29 is 13.2 Å². The fourth-order valence-electron chi connectivity index (χ4n) is 4.10. The molecule has 1 aliphatic heterocycles. The zero-order valence-electron chi connectivity index (χ0n) is 18.7. The number of sulfonamides is 1. The van der Waals surface area contributed by atoms with Crippen molar-refractivity contribution in [2.24, 2.45) is 5.92 Å². The van der Waals surface area contributed by atoms with Gasteiger partial charge in [0.2, 0.25) is 10.0 Å². The van der Waals surface area contributed by atoms with E-state index in [1.165, 1.54) is 18.5 Å².